The molecule has 0 atom stereocenters. The second-order valence-electron chi connectivity index (χ2n) is 7.09. The van der Waals surface area contributed by atoms with E-state index in [2.05, 4.69) is 45.3 Å². The largest absolute Gasteiger partial charge is 0.356 e. The topological polar surface area (TPSA) is 67.1 Å². The van der Waals surface area contributed by atoms with Gasteiger partial charge >= 0.3 is 0 Å². The van der Waals surface area contributed by atoms with E-state index in [9.17, 15) is 0 Å². The second-order valence-corrected chi connectivity index (χ2v) is 7.09. The molecule has 0 unspecified atom stereocenters. The molecule has 0 spiro atoms. The van der Waals surface area contributed by atoms with Gasteiger partial charge in [0, 0.05) is 25.3 Å². The Bertz CT molecular complexity index is 674. The Morgan fingerprint density at radius 2 is 2.04 bits per heavy atom. The van der Waals surface area contributed by atoms with E-state index < -0.39 is 0 Å². The first kappa shape index (κ1) is 16.9. The van der Waals surface area contributed by atoms with Crippen molar-refractivity contribution in [1.82, 2.24) is 20.4 Å². The van der Waals surface area contributed by atoms with Crippen LogP contribution in [0.5, 0.6) is 0 Å². The van der Waals surface area contributed by atoms with Crippen molar-refractivity contribution in [3.63, 3.8) is 0 Å². The van der Waals surface area contributed by atoms with Crippen LogP contribution in [0.2, 0.25) is 0 Å². The minimum absolute atomic E-state index is 0.554. The lowest BCUT2D eigenvalue weighted by Gasteiger charge is -2.34. The zero-order valence-electron chi connectivity index (χ0n) is 15.0. The van der Waals surface area contributed by atoms with Crippen molar-refractivity contribution >= 4 is 5.82 Å². The zero-order chi connectivity index (χ0) is 17.1. The summed E-state index contributed by atoms with van der Waals surface area (Å²) >= 11 is 0. The lowest BCUT2D eigenvalue weighted by Crippen LogP contribution is -2.44. The molecule has 1 aliphatic heterocycles. The van der Waals surface area contributed by atoms with Gasteiger partial charge < -0.3 is 14.7 Å². The standard InChI is InChI=1S/C18H27N5O/c1-12(2)10-19-15-5-7-23(8-6-15)17-16(9-13(3)11-20-17)18-21-14(4)22-24-18/h9,11-12,15,19H,5-8,10H2,1-4H3. The summed E-state index contributed by atoms with van der Waals surface area (Å²) in [6, 6.07) is 2.68. The predicted octanol–water partition coefficient (Wildman–Crippen LogP) is 2.96. The number of anilines is 1. The highest BCUT2D eigenvalue weighted by Gasteiger charge is 2.24. The molecular formula is C18H27N5O. The Kier molecular flexibility index (Phi) is 5.14. The van der Waals surface area contributed by atoms with Crippen LogP contribution in [0.1, 0.15) is 38.1 Å². The molecule has 1 fully saturated rings. The van der Waals surface area contributed by atoms with Crippen molar-refractivity contribution in [3.8, 4) is 11.5 Å². The molecule has 6 heteroatoms. The fourth-order valence-electron chi connectivity index (χ4n) is 3.08. The van der Waals surface area contributed by atoms with Gasteiger partial charge in [-0.05, 0) is 50.8 Å². The van der Waals surface area contributed by atoms with Crippen LogP contribution in [-0.4, -0.2) is 40.8 Å². The van der Waals surface area contributed by atoms with Crippen molar-refractivity contribution in [2.75, 3.05) is 24.5 Å². The van der Waals surface area contributed by atoms with Crippen LogP contribution < -0.4 is 10.2 Å². The van der Waals surface area contributed by atoms with E-state index in [-0.39, 0.29) is 0 Å². The van der Waals surface area contributed by atoms with Crippen LogP contribution in [0, 0.1) is 19.8 Å². The number of pyridine rings is 1. The van der Waals surface area contributed by atoms with Gasteiger partial charge in [0.25, 0.3) is 5.89 Å². The van der Waals surface area contributed by atoms with Gasteiger partial charge in [0.05, 0.1) is 5.56 Å². The van der Waals surface area contributed by atoms with Crippen molar-refractivity contribution < 1.29 is 4.52 Å². The van der Waals surface area contributed by atoms with E-state index in [1.165, 1.54) is 0 Å². The average Bonchev–Trinajstić information content (AvgIpc) is 3.00. The SMILES string of the molecule is Cc1cnc(N2CCC(NCC(C)C)CC2)c(-c2nc(C)no2)c1. The van der Waals surface area contributed by atoms with Gasteiger partial charge in [0.15, 0.2) is 5.82 Å². The van der Waals surface area contributed by atoms with Gasteiger partial charge in [0.2, 0.25) is 0 Å². The molecule has 1 N–H and O–H groups in total. The fourth-order valence-corrected chi connectivity index (χ4v) is 3.08. The van der Waals surface area contributed by atoms with Crippen molar-refractivity contribution in [1.29, 1.82) is 0 Å². The van der Waals surface area contributed by atoms with Gasteiger partial charge in [-0.25, -0.2) is 4.98 Å². The molecule has 2 aromatic heterocycles. The van der Waals surface area contributed by atoms with Crippen LogP contribution in [0.15, 0.2) is 16.8 Å². The first-order valence-corrected chi connectivity index (χ1v) is 8.78. The molecule has 2 aromatic rings. The monoisotopic (exact) mass is 329 g/mol. The molecule has 1 saturated heterocycles. The first-order valence-electron chi connectivity index (χ1n) is 8.78. The molecular weight excluding hydrogens is 302 g/mol. The average molecular weight is 329 g/mol. The molecule has 6 nitrogen and oxygen atoms in total. The van der Waals surface area contributed by atoms with E-state index >= 15 is 0 Å². The maximum Gasteiger partial charge on any atom is 0.261 e. The number of nitrogens with zero attached hydrogens (tertiary/aromatic N) is 4. The van der Waals surface area contributed by atoms with Crippen LogP contribution in [-0.2, 0) is 0 Å². The van der Waals surface area contributed by atoms with Crippen molar-refractivity contribution in [2.24, 2.45) is 5.92 Å². The lowest BCUT2D eigenvalue weighted by molar-refractivity contribution is 0.391. The summed E-state index contributed by atoms with van der Waals surface area (Å²) in [6.45, 7) is 11.4. The number of aromatic nitrogens is 3. The minimum atomic E-state index is 0.554. The molecule has 1 aliphatic rings. The summed E-state index contributed by atoms with van der Waals surface area (Å²) in [5.74, 6) is 2.84. The molecule has 3 heterocycles. The number of rotatable bonds is 5. The molecule has 0 bridgehead atoms. The zero-order valence-corrected chi connectivity index (χ0v) is 15.0. The van der Waals surface area contributed by atoms with Crippen LogP contribution in [0.25, 0.3) is 11.5 Å². The number of aryl methyl sites for hydroxylation is 2. The highest BCUT2D eigenvalue weighted by molar-refractivity contribution is 5.70. The molecule has 3 rings (SSSR count). The Morgan fingerprint density at radius 3 is 2.67 bits per heavy atom. The number of nitrogens with one attached hydrogen (secondary N) is 1. The van der Waals surface area contributed by atoms with E-state index in [1.54, 1.807) is 0 Å². The normalized spacial score (nSPS) is 16.1. The summed E-state index contributed by atoms with van der Waals surface area (Å²) < 4.78 is 5.38. The number of hydrogen-bond donors (Lipinski definition) is 1. The smallest absolute Gasteiger partial charge is 0.261 e. The molecule has 0 aromatic carbocycles. The summed E-state index contributed by atoms with van der Waals surface area (Å²) in [7, 11) is 0. The minimum Gasteiger partial charge on any atom is -0.356 e. The Hall–Kier alpha value is -1.95. The first-order chi connectivity index (χ1) is 11.5. The van der Waals surface area contributed by atoms with Crippen LogP contribution >= 0.6 is 0 Å². The lowest BCUT2D eigenvalue weighted by atomic mass is 10.0. The third-order valence-corrected chi connectivity index (χ3v) is 4.37. The Morgan fingerprint density at radius 1 is 1.29 bits per heavy atom. The molecule has 130 valence electrons. The summed E-state index contributed by atoms with van der Waals surface area (Å²) in [6.07, 6.45) is 4.17. The molecule has 0 saturated carbocycles. The van der Waals surface area contributed by atoms with E-state index in [1.807, 2.05) is 20.0 Å². The number of piperidine rings is 1. The third kappa shape index (κ3) is 3.93. The second kappa shape index (κ2) is 7.30. The van der Waals surface area contributed by atoms with E-state index in [0.717, 1.165) is 49.4 Å². The maximum absolute atomic E-state index is 5.38. The van der Waals surface area contributed by atoms with E-state index in [0.29, 0.717) is 23.7 Å². The van der Waals surface area contributed by atoms with Gasteiger partial charge in [-0.15, -0.1) is 0 Å². The van der Waals surface area contributed by atoms with Crippen molar-refractivity contribution in [2.45, 2.75) is 46.6 Å². The van der Waals surface area contributed by atoms with Gasteiger partial charge in [0.1, 0.15) is 5.82 Å². The molecule has 0 aliphatic carbocycles. The summed E-state index contributed by atoms with van der Waals surface area (Å²) in [4.78, 5) is 11.4. The summed E-state index contributed by atoms with van der Waals surface area (Å²) in [5, 5.41) is 7.58. The van der Waals surface area contributed by atoms with Gasteiger partial charge in [-0.2, -0.15) is 4.98 Å². The van der Waals surface area contributed by atoms with E-state index in [4.69, 9.17) is 4.52 Å². The van der Waals surface area contributed by atoms with Crippen LogP contribution in [0.4, 0.5) is 5.82 Å². The Labute approximate surface area is 143 Å². The Balaban J connectivity index is 1.74. The molecule has 24 heavy (non-hydrogen) atoms. The molecule has 0 radical (unpaired) electrons. The summed E-state index contributed by atoms with van der Waals surface area (Å²) in [5.41, 5.74) is 2.03. The highest BCUT2D eigenvalue weighted by Crippen LogP contribution is 2.30. The molecule has 0 amide bonds. The fraction of sp³-hybridized carbons (Fsp3) is 0.611. The third-order valence-electron chi connectivity index (χ3n) is 4.37. The quantitative estimate of drug-likeness (QED) is 0.909. The maximum atomic E-state index is 5.38. The highest BCUT2D eigenvalue weighted by atomic mass is 16.5. The van der Waals surface area contributed by atoms with Gasteiger partial charge in [-0.3, -0.25) is 0 Å². The predicted molar refractivity (Wildman–Crippen MR) is 95.1 cm³/mol. The number of hydrogen-bond acceptors (Lipinski definition) is 6. The van der Waals surface area contributed by atoms with Gasteiger partial charge in [-0.1, -0.05) is 19.0 Å². The van der Waals surface area contributed by atoms with Crippen molar-refractivity contribution in [3.05, 3.63) is 23.7 Å². The van der Waals surface area contributed by atoms with Crippen LogP contribution in [0.3, 0.4) is 0 Å².